The fourth-order valence-corrected chi connectivity index (χ4v) is 2.10. The predicted octanol–water partition coefficient (Wildman–Crippen LogP) is 2.09. The molecule has 0 spiro atoms. The molecule has 0 aliphatic rings. The maximum Gasteiger partial charge on any atom is 0.258 e. The van der Waals surface area contributed by atoms with Gasteiger partial charge in [-0.05, 0) is 24.1 Å². The SMILES string of the molecule is Cc1ccccc1OCC(=O)NCC(O)Cc1ccccc1. The minimum atomic E-state index is -0.607. The van der Waals surface area contributed by atoms with Crippen molar-refractivity contribution in [3.8, 4) is 5.75 Å². The number of carbonyl (C=O) groups excluding carboxylic acids is 1. The fourth-order valence-electron chi connectivity index (χ4n) is 2.10. The lowest BCUT2D eigenvalue weighted by molar-refractivity contribution is -0.123. The van der Waals surface area contributed by atoms with Crippen LogP contribution in [0, 0.1) is 6.92 Å². The summed E-state index contributed by atoms with van der Waals surface area (Å²) >= 11 is 0. The van der Waals surface area contributed by atoms with Gasteiger partial charge in [-0.3, -0.25) is 4.79 Å². The van der Waals surface area contributed by atoms with Crippen LogP contribution in [0.3, 0.4) is 0 Å². The summed E-state index contributed by atoms with van der Waals surface area (Å²) in [5.41, 5.74) is 2.03. The molecule has 1 amide bonds. The smallest absolute Gasteiger partial charge is 0.258 e. The molecular formula is C18H21NO3. The standard InChI is InChI=1S/C18H21NO3/c1-14-7-5-6-10-17(14)22-13-18(21)19-12-16(20)11-15-8-3-2-4-9-15/h2-10,16,20H,11-13H2,1H3,(H,19,21). The minimum Gasteiger partial charge on any atom is -0.484 e. The maximum atomic E-state index is 11.7. The first-order chi connectivity index (χ1) is 10.6. The van der Waals surface area contributed by atoms with E-state index in [1.807, 2.05) is 61.5 Å². The van der Waals surface area contributed by atoms with E-state index >= 15 is 0 Å². The van der Waals surface area contributed by atoms with E-state index in [4.69, 9.17) is 4.74 Å². The van der Waals surface area contributed by atoms with Crippen molar-refractivity contribution in [1.82, 2.24) is 5.32 Å². The van der Waals surface area contributed by atoms with E-state index in [1.54, 1.807) is 0 Å². The van der Waals surface area contributed by atoms with Crippen molar-refractivity contribution in [2.75, 3.05) is 13.2 Å². The second-order valence-corrected chi connectivity index (χ2v) is 5.20. The summed E-state index contributed by atoms with van der Waals surface area (Å²) < 4.78 is 5.46. The van der Waals surface area contributed by atoms with Crippen molar-refractivity contribution in [3.05, 3.63) is 65.7 Å². The van der Waals surface area contributed by atoms with Crippen molar-refractivity contribution in [3.63, 3.8) is 0 Å². The largest absolute Gasteiger partial charge is 0.484 e. The molecule has 0 radical (unpaired) electrons. The summed E-state index contributed by atoms with van der Waals surface area (Å²) in [5, 5.41) is 12.6. The zero-order valence-corrected chi connectivity index (χ0v) is 12.7. The van der Waals surface area contributed by atoms with Gasteiger partial charge in [0.15, 0.2) is 6.61 Å². The Morgan fingerprint density at radius 3 is 2.55 bits per heavy atom. The number of aryl methyl sites for hydroxylation is 1. The zero-order valence-electron chi connectivity index (χ0n) is 12.7. The van der Waals surface area contributed by atoms with Crippen LogP contribution in [0.15, 0.2) is 54.6 Å². The van der Waals surface area contributed by atoms with E-state index in [0.29, 0.717) is 12.2 Å². The highest BCUT2D eigenvalue weighted by Crippen LogP contribution is 2.15. The molecule has 116 valence electrons. The molecule has 1 unspecified atom stereocenters. The highest BCUT2D eigenvalue weighted by atomic mass is 16.5. The molecule has 0 aromatic heterocycles. The summed E-state index contributed by atoms with van der Waals surface area (Å²) in [6.45, 7) is 2.09. The van der Waals surface area contributed by atoms with Gasteiger partial charge < -0.3 is 15.2 Å². The third-order valence-electron chi connectivity index (χ3n) is 3.30. The van der Waals surface area contributed by atoms with Gasteiger partial charge in [-0.25, -0.2) is 0 Å². The van der Waals surface area contributed by atoms with Gasteiger partial charge in [0.2, 0.25) is 0 Å². The second kappa shape index (κ2) is 8.20. The van der Waals surface area contributed by atoms with E-state index in [-0.39, 0.29) is 19.1 Å². The number of para-hydroxylation sites is 1. The van der Waals surface area contributed by atoms with Crippen LogP contribution in [0.2, 0.25) is 0 Å². The molecule has 4 heteroatoms. The topological polar surface area (TPSA) is 58.6 Å². The quantitative estimate of drug-likeness (QED) is 0.823. The molecule has 2 N–H and O–H groups in total. The highest BCUT2D eigenvalue weighted by molar-refractivity contribution is 5.77. The van der Waals surface area contributed by atoms with Crippen LogP contribution in [0.1, 0.15) is 11.1 Å². The van der Waals surface area contributed by atoms with Crippen LogP contribution in [-0.2, 0) is 11.2 Å². The number of hydrogen-bond donors (Lipinski definition) is 2. The van der Waals surface area contributed by atoms with Crippen LogP contribution in [0.5, 0.6) is 5.75 Å². The maximum absolute atomic E-state index is 11.7. The fraction of sp³-hybridized carbons (Fsp3) is 0.278. The molecule has 2 aromatic carbocycles. The van der Waals surface area contributed by atoms with E-state index in [9.17, 15) is 9.90 Å². The number of rotatable bonds is 7. The number of hydrogen-bond acceptors (Lipinski definition) is 3. The molecular weight excluding hydrogens is 278 g/mol. The summed E-state index contributed by atoms with van der Waals surface area (Å²) in [4.78, 5) is 11.7. The average Bonchev–Trinajstić information content (AvgIpc) is 2.53. The van der Waals surface area contributed by atoms with Crippen molar-refractivity contribution in [2.45, 2.75) is 19.4 Å². The van der Waals surface area contributed by atoms with Crippen molar-refractivity contribution in [1.29, 1.82) is 0 Å². The van der Waals surface area contributed by atoms with Crippen LogP contribution < -0.4 is 10.1 Å². The molecule has 0 aliphatic heterocycles. The monoisotopic (exact) mass is 299 g/mol. The summed E-state index contributed by atoms with van der Waals surface area (Å²) in [6.07, 6.45) is -0.0930. The Bertz CT molecular complexity index is 598. The van der Waals surface area contributed by atoms with E-state index in [0.717, 1.165) is 11.1 Å². The Balaban J connectivity index is 1.70. The number of ether oxygens (including phenoxy) is 1. The predicted molar refractivity (Wildman–Crippen MR) is 85.8 cm³/mol. The van der Waals surface area contributed by atoms with Gasteiger partial charge in [-0.15, -0.1) is 0 Å². The van der Waals surface area contributed by atoms with Crippen molar-refractivity contribution in [2.24, 2.45) is 0 Å². The van der Waals surface area contributed by atoms with E-state index < -0.39 is 6.10 Å². The Morgan fingerprint density at radius 2 is 1.82 bits per heavy atom. The molecule has 0 saturated heterocycles. The molecule has 2 rings (SSSR count). The van der Waals surface area contributed by atoms with Gasteiger partial charge >= 0.3 is 0 Å². The number of aliphatic hydroxyl groups is 1. The molecule has 4 nitrogen and oxygen atoms in total. The van der Waals surface area contributed by atoms with Gasteiger partial charge in [0.05, 0.1) is 6.10 Å². The van der Waals surface area contributed by atoms with Crippen molar-refractivity contribution < 1.29 is 14.6 Å². The summed E-state index contributed by atoms with van der Waals surface area (Å²) in [6, 6.07) is 17.2. The number of nitrogens with one attached hydrogen (secondary N) is 1. The van der Waals surface area contributed by atoms with Crippen LogP contribution in [-0.4, -0.2) is 30.3 Å². The number of aliphatic hydroxyl groups excluding tert-OH is 1. The molecule has 0 aliphatic carbocycles. The van der Waals surface area contributed by atoms with Crippen molar-refractivity contribution >= 4 is 5.91 Å². The minimum absolute atomic E-state index is 0.0527. The first kappa shape index (κ1) is 16.0. The normalized spacial score (nSPS) is 11.7. The highest BCUT2D eigenvalue weighted by Gasteiger charge is 2.09. The molecule has 22 heavy (non-hydrogen) atoms. The second-order valence-electron chi connectivity index (χ2n) is 5.20. The summed E-state index contributed by atoms with van der Waals surface area (Å²) in [7, 11) is 0. The van der Waals surface area contributed by atoms with Gasteiger partial charge in [-0.2, -0.15) is 0 Å². The Kier molecular flexibility index (Phi) is 5.98. The molecule has 0 heterocycles. The zero-order chi connectivity index (χ0) is 15.8. The van der Waals surface area contributed by atoms with Crippen LogP contribution in [0.4, 0.5) is 0 Å². The van der Waals surface area contributed by atoms with Crippen LogP contribution >= 0.6 is 0 Å². The molecule has 0 bridgehead atoms. The lowest BCUT2D eigenvalue weighted by Crippen LogP contribution is -2.36. The summed E-state index contributed by atoms with van der Waals surface area (Å²) in [5.74, 6) is 0.456. The average molecular weight is 299 g/mol. The number of carbonyl (C=O) groups is 1. The van der Waals surface area contributed by atoms with E-state index in [1.165, 1.54) is 0 Å². The first-order valence-corrected chi connectivity index (χ1v) is 7.32. The third kappa shape index (κ3) is 5.22. The Hall–Kier alpha value is -2.33. The molecule has 1 atom stereocenters. The van der Waals surface area contributed by atoms with Gasteiger partial charge in [0.1, 0.15) is 5.75 Å². The Labute approximate surface area is 130 Å². The van der Waals surface area contributed by atoms with E-state index in [2.05, 4.69) is 5.32 Å². The number of benzene rings is 2. The lowest BCUT2D eigenvalue weighted by atomic mass is 10.1. The number of amides is 1. The van der Waals surface area contributed by atoms with Gasteiger partial charge in [-0.1, -0.05) is 48.5 Å². The third-order valence-corrected chi connectivity index (χ3v) is 3.30. The van der Waals surface area contributed by atoms with Gasteiger partial charge in [0.25, 0.3) is 5.91 Å². The molecule has 2 aromatic rings. The molecule has 0 saturated carbocycles. The first-order valence-electron chi connectivity index (χ1n) is 7.32. The lowest BCUT2D eigenvalue weighted by Gasteiger charge is -2.13. The van der Waals surface area contributed by atoms with Crippen LogP contribution in [0.25, 0.3) is 0 Å². The Morgan fingerprint density at radius 1 is 1.14 bits per heavy atom. The molecule has 0 fully saturated rings. The van der Waals surface area contributed by atoms with Gasteiger partial charge in [0, 0.05) is 13.0 Å².